The number of hydrogen-bond acceptors (Lipinski definition) is 3. The highest BCUT2D eigenvalue weighted by molar-refractivity contribution is 6.10. The molecule has 0 bridgehead atoms. The molecule has 0 fully saturated rings. The van der Waals surface area contributed by atoms with Crippen molar-refractivity contribution in [3.05, 3.63) is 125 Å². The number of rotatable bonds is 4. The number of allylic oxidation sites excluding steroid dienone is 7. The summed E-state index contributed by atoms with van der Waals surface area (Å²) in [5, 5.41) is 19.0. The Balaban J connectivity index is 1.66. The van der Waals surface area contributed by atoms with Gasteiger partial charge in [0, 0.05) is 23.3 Å². The predicted molar refractivity (Wildman–Crippen MR) is 142 cm³/mol. The molecule has 0 amide bonds. The monoisotopic (exact) mass is 558 g/mol. The van der Waals surface area contributed by atoms with Gasteiger partial charge in [0.25, 0.3) is 0 Å². The molecule has 0 spiro atoms. The first-order valence-electron chi connectivity index (χ1n) is 12.0. The lowest BCUT2D eigenvalue weighted by atomic mass is 9.94. The average molecular weight is 558 g/mol. The number of hydrogen-bond donors (Lipinski definition) is 0. The Kier molecular flexibility index (Phi) is 6.68. The molecular weight excluding hydrogens is 542 g/mol. The minimum Gasteiger partial charge on any atom is -0.414 e. The largest absolute Gasteiger partial charge is 0.572 e. The van der Waals surface area contributed by atoms with E-state index in [2.05, 4.69) is 11.3 Å². The minimum atomic E-state index is -4.88. The van der Waals surface area contributed by atoms with E-state index in [1.807, 2.05) is 12.1 Å². The van der Waals surface area contributed by atoms with Gasteiger partial charge in [0.15, 0.2) is 0 Å². The first-order chi connectivity index (χ1) is 19.5. The highest BCUT2D eigenvalue weighted by atomic mass is 19.4. The normalized spacial score (nSPS) is 16.0. The van der Waals surface area contributed by atoms with Gasteiger partial charge in [-0.15, -0.1) is 13.2 Å². The van der Waals surface area contributed by atoms with Crippen molar-refractivity contribution in [3.8, 4) is 34.4 Å². The number of benzene rings is 3. The van der Waals surface area contributed by atoms with E-state index in [1.54, 1.807) is 30.3 Å². The van der Waals surface area contributed by atoms with Crippen LogP contribution in [-0.4, -0.2) is 6.36 Å². The van der Waals surface area contributed by atoms with Gasteiger partial charge < -0.3 is 4.74 Å². The maximum Gasteiger partial charge on any atom is 0.572 e. The number of nitriles is 2. The molecule has 3 aromatic rings. The fraction of sp³-hybridized carbons (Fsp3) is 0.0625. The Morgan fingerprint density at radius 1 is 0.659 bits per heavy atom. The Morgan fingerprint density at radius 3 is 1.85 bits per heavy atom. The van der Waals surface area contributed by atoms with Crippen molar-refractivity contribution in [1.82, 2.24) is 0 Å². The van der Waals surface area contributed by atoms with E-state index in [0.29, 0.717) is 67.5 Å². The molecule has 0 heterocycles. The van der Waals surface area contributed by atoms with E-state index in [4.69, 9.17) is 0 Å². The Labute approximate surface area is 230 Å². The quantitative estimate of drug-likeness (QED) is 0.143. The highest BCUT2D eigenvalue weighted by Crippen LogP contribution is 2.51. The molecule has 5 rings (SSSR count). The molecule has 9 heteroatoms. The topological polar surface area (TPSA) is 56.8 Å². The van der Waals surface area contributed by atoms with Crippen LogP contribution in [0, 0.1) is 22.7 Å². The summed E-state index contributed by atoms with van der Waals surface area (Å²) in [7, 11) is 0. The lowest BCUT2D eigenvalue weighted by molar-refractivity contribution is -0.298. The van der Waals surface area contributed by atoms with Crippen LogP contribution in [0.2, 0.25) is 0 Å². The van der Waals surface area contributed by atoms with E-state index < -0.39 is 18.1 Å². The predicted octanol–water partition coefficient (Wildman–Crippen LogP) is 9.22. The van der Waals surface area contributed by atoms with Crippen LogP contribution < -0.4 is 0 Å². The molecule has 0 N–H and O–H groups in total. The number of alkyl halides is 6. The van der Waals surface area contributed by atoms with Crippen molar-refractivity contribution < 1.29 is 31.1 Å². The first-order valence-corrected chi connectivity index (χ1v) is 12.0. The number of ether oxygens (including phenoxy) is 1. The molecule has 2 aliphatic carbocycles. The number of halogens is 6. The average Bonchev–Trinajstić information content (AvgIpc) is 3.38. The summed E-state index contributed by atoms with van der Waals surface area (Å²) >= 11 is 0. The van der Waals surface area contributed by atoms with Gasteiger partial charge in [-0.1, -0.05) is 36.9 Å². The van der Waals surface area contributed by atoms with Crippen LogP contribution in [0.1, 0.15) is 27.8 Å². The SMILES string of the molecule is C=CC1=C(/C=C\OC(F)(F)F)c2cc3c(cc2/C1=C/C#N)/C(=C/C#N)c1cc(-c2ccc(C(F)(F)F)cc2)ccc1-3. The third-order valence-electron chi connectivity index (χ3n) is 6.81. The van der Waals surface area contributed by atoms with E-state index >= 15 is 0 Å². The third-order valence-corrected chi connectivity index (χ3v) is 6.81. The second-order valence-electron chi connectivity index (χ2n) is 9.05. The zero-order valence-electron chi connectivity index (χ0n) is 20.9. The summed E-state index contributed by atoms with van der Waals surface area (Å²) in [6.45, 7) is 3.76. The molecule has 0 aliphatic heterocycles. The van der Waals surface area contributed by atoms with E-state index in [1.165, 1.54) is 30.4 Å². The molecule has 41 heavy (non-hydrogen) atoms. The number of fused-ring (bicyclic) bond motifs is 4. The summed E-state index contributed by atoms with van der Waals surface area (Å²) in [6, 6.07) is 17.6. The molecular formula is C32H16F6N2O. The second kappa shape index (κ2) is 10.0. The molecule has 0 saturated carbocycles. The molecule has 0 radical (unpaired) electrons. The number of nitrogens with zero attached hydrogens (tertiary/aromatic N) is 2. The lowest BCUT2D eigenvalue weighted by Gasteiger charge is -2.09. The molecule has 202 valence electrons. The van der Waals surface area contributed by atoms with Crippen molar-refractivity contribution in [1.29, 1.82) is 10.5 Å². The molecule has 0 aromatic heterocycles. The van der Waals surface area contributed by atoms with Crippen LogP contribution in [-0.2, 0) is 10.9 Å². The van der Waals surface area contributed by atoms with Gasteiger partial charge in [0.2, 0.25) is 0 Å². The van der Waals surface area contributed by atoms with E-state index in [9.17, 15) is 36.9 Å². The highest BCUT2D eigenvalue weighted by Gasteiger charge is 2.33. The zero-order chi connectivity index (χ0) is 29.5. The molecule has 0 unspecified atom stereocenters. The van der Waals surface area contributed by atoms with Gasteiger partial charge in [-0.05, 0) is 92.1 Å². The van der Waals surface area contributed by atoms with E-state index in [-0.39, 0.29) is 0 Å². The maximum absolute atomic E-state index is 13.0. The minimum absolute atomic E-state index is 0.365. The van der Waals surface area contributed by atoms with Crippen molar-refractivity contribution >= 4 is 16.7 Å². The zero-order valence-corrected chi connectivity index (χ0v) is 20.9. The van der Waals surface area contributed by atoms with Gasteiger partial charge in [-0.2, -0.15) is 23.7 Å². The van der Waals surface area contributed by atoms with Gasteiger partial charge >= 0.3 is 12.5 Å². The van der Waals surface area contributed by atoms with Crippen molar-refractivity contribution in [3.63, 3.8) is 0 Å². The van der Waals surface area contributed by atoms with Crippen molar-refractivity contribution in [2.24, 2.45) is 0 Å². The first kappa shape index (κ1) is 27.3. The van der Waals surface area contributed by atoms with Crippen LogP contribution in [0.15, 0.2) is 97.3 Å². The van der Waals surface area contributed by atoms with Crippen LogP contribution in [0.4, 0.5) is 26.3 Å². The summed E-state index contributed by atoms with van der Waals surface area (Å²) < 4.78 is 80.9. The van der Waals surface area contributed by atoms with Crippen molar-refractivity contribution in [2.75, 3.05) is 0 Å². The van der Waals surface area contributed by atoms with Crippen molar-refractivity contribution in [2.45, 2.75) is 12.5 Å². The van der Waals surface area contributed by atoms with Gasteiger partial charge in [0.1, 0.15) is 0 Å². The molecule has 2 aliphatic rings. The Hall–Kier alpha value is -5.28. The second-order valence-corrected chi connectivity index (χ2v) is 9.05. The lowest BCUT2D eigenvalue weighted by Crippen LogP contribution is -2.08. The molecule has 0 saturated heterocycles. The summed E-state index contributed by atoms with van der Waals surface area (Å²) in [6.07, 6.45) is -3.59. The standard InChI is InChI=1S/C32H16F6N2O/c1-2-21-23(9-12-39)28-17-29-24(10-13-40)26-15-19(18-3-6-20(7-4-18)31(33,34)35)5-8-22(26)27(29)16-30(28)25(21)11-14-41-32(36,37)38/h2-11,14-17H,1H2/b14-11-,23-9+,24-10+. The Bertz CT molecular complexity index is 1810. The Morgan fingerprint density at radius 2 is 1.24 bits per heavy atom. The summed E-state index contributed by atoms with van der Waals surface area (Å²) in [4.78, 5) is 0. The van der Waals surface area contributed by atoms with Crippen LogP contribution in [0.5, 0.6) is 0 Å². The van der Waals surface area contributed by atoms with Gasteiger partial charge in [-0.25, -0.2) is 0 Å². The summed E-state index contributed by atoms with van der Waals surface area (Å²) in [5.41, 5.74) is 6.08. The van der Waals surface area contributed by atoms with Crippen LogP contribution in [0.25, 0.3) is 39.0 Å². The molecule has 3 aromatic carbocycles. The fourth-order valence-corrected chi connectivity index (χ4v) is 5.12. The molecule has 0 atom stereocenters. The summed E-state index contributed by atoms with van der Waals surface area (Å²) in [5.74, 6) is 0. The fourth-order valence-electron chi connectivity index (χ4n) is 5.12. The van der Waals surface area contributed by atoms with Gasteiger partial charge in [-0.3, -0.25) is 0 Å². The third kappa shape index (κ3) is 4.94. The van der Waals surface area contributed by atoms with Gasteiger partial charge in [0.05, 0.1) is 24.0 Å². The van der Waals surface area contributed by atoms with Crippen LogP contribution >= 0.6 is 0 Å². The maximum atomic E-state index is 13.0. The molecule has 3 nitrogen and oxygen atoms in total. The van der Waals surface area contributed by atoms with E-state index in [0.717, 1.165) is 23.8 Å². The van der Waals surface area contributed by atoms with Crippen LogP contribution in [0.3, 0.4) is 0 Å². The smallest absolute Gasteiger partial charge is 0.414 e.